The molecule has 0 aliphatic carbocycles. The van der Waals surface area contributed by atoms with Crippen molar-refractivity contribution in [3.8, 4) is 0 Å². The Kier molecular flexibility index (Phi) is 4.08. The molecular weight excluding hydrogens is 196 g/mol. The summed E-state index contributed by atoms with van der Waals surface area (Å²) < 4.78 is 0. The lowest BCUT2D eigenvalue weighted by atomic mass is 10.2. The molecule has 1 aliphatic rings. The van der Waals surface area contributed by atoms with Crippen molar-refractivity contribution >= 4 is 11.9 Å². The summed E-state index contributed by atoms with van der Waals surface area (Å²) in [5.74, 6) is -1.32. The van der Waals surface area contributed by atoms with Crippen LogP contribution in [0, 0.1) is 0 Å². The summed E-state index contributed by atoms with van der Waals surface area (Å²) in [7, 11) is 0. The van der Waals surface area contributed by atoms with Crippen molar-refractivity contribution in [2.24, 2.45) is 0 Å². The third kappa shape index (κ3) is 3.20. The molecule has 5 nitrogen and oxygen atoms in total. The highest BCUT2D eigenvalue weighted by Gasteiger charge is 2.26. The fourth-order valence-electron chi connectivity index (χ4n) is 1.93. The van der Waals surface area contributed by atoms with Crippen LogP contribution in [0.25, 0.3) is 0 Å². The van der Waals surface area contributed by atoms with Gasteiger partial charge in [-0.25, -0.2) is 0 Å². The zero-order chi connectivity index (χ0) is 11.4. The van der Waals surface area contributed by atoms with E-state index in [4.69, 9.17) is 5.11 Å². The van der Waals surface area contributed by atoms with Crippen LogP contribution < -0.4 is 0 Å². The molecule has 0 aromatic carbocycles. The fourth-order valence-corrected chi connectivity index (χ4v) is 1.93. The number of carbonyl (C=O) groups is 2. The smallest absolute Gasteiger partial charge is 0.312 e. The summed E-state index contributed by atoms with van der Waals surface area (Å²) >= 11 is 0. The first-order valence-electron chi connectivity index (χ1n) is 5.28. The SMILES string of the molecule is CCN1CCN(C(=O)CC(=O)O)CC1C. The lowest BCUT2D eigenvalue weighted by Gasteiger charge is -2.39. The average Bonchev–Trinajstić information content (AvgIpc) is 2.16. The van der Waals surface area contributed by atoms with E-state index in [0.717, 1.165) is 13.1 Å². The van der Waals surface area contributed by atoms with Crippen LogP contribution in [0.5, 0.6) is 0 Å². The Hall–Kier alpha value is -1.10. The van der Waals surface area contributed by atoms with Crippen LogP contribution in [0.2, 0.25) is 0 Å². The third-order valence-electron chi connectivity index (χ3n) is 2.83. The van der Waals surface area contributed by atoms with Gasteiger partial charge in [0.05, 0.1) is 0 Å². The van der Waals surface area contributed by atoms with Gasteiger partial charge in [-0.3, -0.25) is 14.5 Å². The van der Waals surface area contributed by atoms with Crippen molar-refractivity contribution in [3.05, 3.63) is 0 Å². The van der Waals surface area contributed by atoms with Crippen molar-refractivity contribution < 1.29 is 14.7 Å². The first-order chi connectivity index (χ1) is 7.04. The van der Waals surface area contributed by atoms with Gasteiger partial charge in [0.15, 0.2) is 0 Å². The number of carboxylic acids is 1. The molecule has 1 atom stereocenters. The second-order valence-corrected chi connectivity index (χ2v) is 3.89. The third-order valence-corrected chi connectivity index (χ3v) is 2.83. The van der Waals surface area contributed by atoms with Crippen molar-refractivity contribution in [1.29, 1.82) is 0 Å². The summed E-state index contributed by atoms with van der Waals surface area (Å²) in [5, 5.41) is 8.52. The molecule has 15 heavy (non-hydrogen) atoms. The van der Waals surface area contributed by atoms with E-state index in [1.54, 1.807) is 4.90 Å². The molecule has 1 rings (SSSR count). The molecule has 5 heteroatoms. The van der Waals surface area contributed by atoms with Crippen LogP contribution in [0.4, 0.5) is 0 Å². The van der Waals surface area contributed by atoms with E-state index in [0.29, 0.717) is 19.1 Å². The Balaban J connectivity index is 2.46. The van der Waals surface area contributed by atoms with Gasteiger partial charge in [0.2, 0.25) is 5.91 Å². The zero-order valence-corrected chi connectivity index (χ0v) is 9.27. The van der Waals surface area contributed by atoms with Crippen LogP contribution in [0.1, 0.15) is 20.3 Å². The van der Waals surface area contributed by atoms with Crippen molar-refractivity contribution in [2.75, 3.05) is 26.2 Å². The Morgan fingerprint density at radius 3 is 2.53 bits per heavy atom. The number of likely N-dealkylation sites (N-methyl/N-ethyl adjacent to an activating group) is 1. The molecule has 0 radical (unpaired) electrons. The van der Waals surface area contributed by atoms with Gasteiger partial charge in [-0.15, -0.1) is 0 Å². The number of amides is 1. The van der Waals surface area contributed by atoms with Gasteiger partial charge in [0, 0.05) is 25.7 Å². The molecular formula is C10H18N2O3. The van der Waals surface area contributed by atoms with Gasteiger partial charge in [0.25, 0.3) is 0 Å². The molecule has 1 N–H and O–H groups in total. The van der Waals surface area contributed by atoms with Gasteiger partial charge in [-0.2, -0.15) is 0 Å². The topological polar surface area (TPSA) is 60.9 Å². The molecule has 0 aromatic heterocycles. The lowest BCUT2D eigenvalue weighted by Crippen LogP contribution is -2.53. The molecule has 1 amide bonds. The lowest BCUT2D eigenvalue weighted by molar-refractivity contribution is -0.145. The molecule has 0 spiro atoms. The van der Waals surface area contributed by atoms with Crippen molar-refractivity contribution in [2.45, 2.75) is 26.3 Å². The second-order valence-electron chi connectivity index (χ2n) is 3.89. The molecule has 0 aromatic rings. The number of nitrogens with zero attached hydrogens (tertiary/aromatic N) is 2. The normalized spacial score (nSPS) is 22.8. The summed E-state index contributed by atoms with van der Waals surface area (Å²) in [5.41, 5.74) is 0. The van der Waals surface area contributed by atoms with E-state index >= 15 is 0 Å². The van der Waals surface area contributed by atoms with Gasteiger partial charge in [-0.05, 0) is 13.5 Å². The van der Waals surface area contributed by atoms with Crippen LogP contribution in [0.15, 0.2) is 0 Å². The molecule has 1 aliphatic heterocycles. The highest BCUT2D eigenvalue weighted by Crippen LogP contribution is 2.09. The first kappa shape index (κ1) is 12.0. The fraction of sp³-hybridized carbons (Fsp3) is 0.800. The van der Waals surface area contributed by atoms with Crippen LogP contribution in [-0.2, 0) is 9.59 Å². The maximum atomic E-state index is 11.5. The molecule has 1 fully saturated rings. The predicted octanol–water partition coefficient (Wildman–Crippen LogP) is 0.0137. The Labute approximate surface area is 89.7 Å². The quantitative estimate of drug-likeness (QED) is 0.672. The minimum Gasteiger partial charge on any atom is -0.481 e. The number of aliphatic carboxylic acids is 1. The van der Waals surface area contributed by atoms with Crippen LogP contribution in [-0.4, -0.2) is 59.0 Å². The van der Waals surface area contributed by atoms with Crippen LogP contribution >= 0.6 is 0 Å². The van der Waals surface area contributed by atoms with Gasteiger partial charge >= 0.3 is 5.97 Å². The standard InChI is InChI=1S/C10H18N2O3/c1-3-11-4-5-12(7-8(11)2)9(13)6-10(14)15/h8H,3-7H2,1-2H3,(H,14,15). The number of carbonyl (C=O) groups excluding carboxylic acids is 1. The monoisotopic (exact) mass is 214 g/mol. The largest absolute Gasteiger partial charge is 0.481 e. The second kappa shape index (κ2) is 5.11. The molecule has 1 saturated heterocycles. The summed E-state index contributed by atoms with van der Waals surface area (Å²) in [4.78, 5) is 25.8. The van der Waals surface area contributed by atoms with Gasteiger partial charge < -0.3 is 10.0 Å². The zero-order valence-electron chi connectivity index (χ0n) is 9.27. The van der Waals surface area contributed by atoms with E-state index in [2.05, 4.69) is 18.7 Å². The number of rotatable bonds is 3. The Morgan fingerprint density at radius 2 is 2.07 bits per heavy atom. The molecule has 1 heterocycles. The number of piperazine rings is 1. The van der Waals surface area contributed by atoms with Crippen molar-refractivity contribution in [3.63, 3.8) is 0 Å². The van der Waals surface area contributed by atoms with E-state index in [9.17, 15) is 9.59 Å². The predicted molar refractivity (Wildman–Crippen MR) is 55.5 cm³/mol. The Bertz CT molecular complexity index is 255. The summed E-state index contributed by atoms with van der Waals surface area (Å²) in [6, 6.07) is 0.321. The molecule has 0 saturated carbocycles. The molecule has 1 unspecified atom stereocenters. The number of hydrogen-bond acceptors (Lipinski definition) is 3. The number of carboxylic acid groups (broad SMARTS) is 1. The van der Waals surface area contributed by atoms with E-state index in [1.807, 2.05) is 0 Å². The van der Waals surface area contributed by atoms with Gasteiger partial charge in [-0.1, -0.05) is 6.92 Å². The maximum Gasteiger partial charge on any atom is 0.312 e. The van der Waals surface area contributed by atoms with Gasteiger partial charge in [0.1, 0.15) is 6.42 Å². The summed E-state index contributed by atoms with van der Waals surface area (Å²) in [6.07, 6.45) is -0.390. The van der Waals surface area contributed by atoms with Crippen molar-refractivity contribution in [1.82, 2.24) is 9.80 Å². The first-order valence-corrected chi connectivity index (χ1v) is 5.28. The van der Waals surface area contributed by atoms with E-state index in [1.165, 1.54) is 0 Å². The average molecular weight is 214 g/mol. The minimum atomic E-state index is -1.05. The summed E-state index contributed by atoms with van der Waals surface area (Å²) in [6.45, 7) is 7.24. The van der Waals surface area contributed by atoms with Crippen LogP contribution in [0.3, 0.4) is 0 Å². The maximum absolute atomic E-state index is 11.5. The molecule has 86 valence electrons. The van der Waals surface area contributed by atoms with E-state index in [-0.39, 0.29) is 5.91 Å². The Morgan fingerprint density at radius 1 is 1.40 bits per heavy atom. The number of hydrogen-bond donors (Lipinski definition) is 1. The highest BCUT2D eigenvalue weighted by molar-refractivity contribution is 5.93. The molecule has 0 bridgehead atoms. The highest BCUT2D eigenvalue weighted by atomic mass is 16.4. The minimum absolute atomic E-state index is 0.273. The van der Waals surface area contributed by atoms with E-state index < -0.39 is 12.4 Å².